The van der Waals surface area contributed by atoms with E-state index in [2.05, 4.69) is 6.92 Å². The van der Waals surface area contributed by atoms with E-state index in [1.54, 1.807) is 6.07 Å². The van der Waals surface area contributed by atoms with Gasteiger partial charge < -0.3 is 15.4 Å². The van der Waals surface area contributed by atoms with Crippen molar-refractivity contribution in [3.63, 3.8) is 0 Å². The second-order valence-electron chi connectivity index (χ2n) is 4.59. The van der Waals surface area contributed by atoms with Crippen LogP contribution in [-0.4, -0.2) is 18.6 Å². The molecule has 1 aromatic carbocycles. The fourth-order valence-electron chi connectivity index (χ4n) is 2.15. The van der Waals surface area contributed by atoms with Crippen LogP contribution in [0.3, 0.4) is 0 Å². The maximum absolute atomic E-state index is 12.3. The number of nitrogens with zero attached hydrogens (tertiary/aromatic N) is 1. The van der Waals surface area contributed by atoms with Gasteiger partial charge >= 0.3 is 0 Å². The van der Waals surface area contributed by atoms with E-state index in [-0.39, 0.29) is 12.0 Å². The normalized spacial score (nSPS) is 18.4. The first-order chi connectivity index (χ1) is 8.67. The Bertz CT molecular complexity index is 445. The first kappa shape index (κ1) is 12.7. The first-order valence-corrected chi connectivity index (χ1v) is 6.55. The molecule has 1 aliphatic heterocycles. The molecule has 4 heteroatoms. The number of fused-ring (bicyclic) bond motifs is 1. The van der Waals surface area contributed by atoms with Crippen molar-refractivity contribution in [3.05, 3.63) is 18.2 Å². The molecule has 0 aliphatic carbocycles. The van der Waals surface area contributed by atoms with Gasteiger partial charge in [0.05, 0.1) is 5.69 Å². The minimum Gasteiger partial charge on any atom is -0.478 e. The summed E-state index contributed by atoms with van der Waals surface area (Å²) in [6.07, 6.45) is 2.36. The Balaban J connectivity index is 2.36. The molecule has 1 atom stereocenters. The van der Waals surface area contributed by atoms with Gasteiger partial charge in [0.1, 0.15) is 5.75 Å². The highest BCUT2D eigenvalue weighted by Gasteiger charge is 2.32. The van der Waals surface area contributed by atoms with Crippen molar-refractivity contribution in [2.24, 2.45) is 0 Å². The molecule has 0 bridgehead atoms. The summed E-state index contributed by atoms with van der Waals surface area (Å²) >= 11 is 0. The molecule has 18 heavy (non-hydrogen) atoms. The van der Waals surface area contributed by atoms with E-state index in [0.29, 0.717) is 12.1 Å². The van der Waals surface area contributed by atoms with E-state index in [9.17, 15) is 4.79 Å². The van der Waals surface area contributed by atoms with Crippen molar-refractivity contribution in [2.45, 2.75) is 39.2 Å². The number of ether oxygens (including phenoxy) is 1. The standard InChI is InChI=1S/C14H20N2O2/c1-3-5-8-16-11-9-10(15)6-7-13(11)18-12(4-2)14(16)17/h6-7,9,12H,3-5,8,15H2,1-2H3. The molecule has 0 radical (unpaired) electrons. The average Bonchev–Trinajstić information content (AvgIpc) is 2.37. The number of nitrogen functional groups attached to an aromatic ring is 1. The molecule has 1 amide bonds. The summed E-state index contributed by atoms with van der Waals surface area (Å²) in [4.78, 5) is 14.1. The second-order valence-corrected chi connectivity index (χ2v) is 4.59. The zero-order valence-electron chi connectivity index (χ0n) is 11.0. The largest absolute Gasteiger partial charge is 0.478 e. The van der Waals surface area contributed by atoms with Crippen LogP contribution in [0, 0.1) is 0 Å². The lowest BCUT2D eigenvalue weighted by atomic mass is 10.1. The van der Waals surface area contributed by atoms with Gasteiger partial charge in [0.2, 0.25) is 0 Å². The van der Waals surface area contributed by atoms with Gasteiger partial charge in [-0.15, -0.1) is 0 Å². The van der Waals surface area contributed by atoms with E-state index in [1.165, 1.54) is 0 Å². The van der Waals surface area contributed by atoms with Crippen molar-refractivity contribution >= 4 is 17.3 Å². The minimum atomic E-state index is -0.363. The van der Waals surface area contributed by atoms with E-state index in [0.717, 1.165) is 30.8 Å². The number of carbonyl (C=O) groups excluding carboxylic acids is 1. The van der Waals surface area contributed by atoms with Crippen molar-refractivity contribution in [1.82, 2.24) is 0 Å². The minimum absolute atomic E-state index is 0.0454. The van der Waals surface area contributed by atoms with Crippen LogP contribution in [0.2, 0.25) is 0 Å². The van der Waals surface area contributed by atoms with Gasteiger partial charge in [0, 0.05) is 12.2 Å². The van der Waals surface area contributed by atoms with Crippen LogP contribution in [0.4, 0.5) is 11.4 Å². The number of hydrogen-bond acceptors (Lipinski definition) is 3. The molecular weight excluding hydrogens is 228 g/mol. The number of anilines is 2. The Kier molecular flexibility index (Phi) is 3.75. The third kappa shape index (κ3) is 2.28. The molecule has 0 aromatic heterocycles. The Morgan fingerprint density at radius 1 is 1.39 bits per heavy atom. The number of unbranched alkanes of at least 4 members (excludes halogenated alkanes) is 1. The SMILES string of the molecule is CCCCN1C(=O)C(CC)Oc2ccc(N)cc21. The van der Waals surface area contributed by atoms with Crippen molar-refractivity contribution < 1.29 is 9.53 Å². The van der Waals surface area contributed by atoms with E-state index in [4.69, 9.17) is 10.5 Å². The molecule has 98 valence electrons. The van der Waals surface area contributed by atoms with Gasteiger partial charge in [-0.3, -0.25) is 4.79 Å². The molecule has 1 aliphatic rings. The lowest BCUT2D eigenvalue weighted by Gasteiger charge is -2.34. The highest BCUT2D eigenvalue weighted by Crippen LogP contribution is 2.36. The molecule has 2 N–H and O–H groups in total. The van der Waals surface area contributed by atoms with Crippen LogP contribution in [0.5, 0.6) is 5.75 Å². The Hall–Kier alpha value is -1.71. The fraction of sp³-hybridized carbons (Fsp3) is 0.500. The molecular formula is C14H20N2O2. The van der Waals surface area contributed by atoms with Gasteiger partial charge in [-0.1, -0.05) is 20.3 Å². The molecule has 2 rings (SSSR count). The molecule has 0 saturated carbocycles. The lowest BCUT2D eigenvalue weighted by Crippen LogP contribution is -2.46. The summed E-state index contributed by atoms with van der Waals surface area (Å²) in [6.45, 7) is 4.80. The monoisotopic (exact) mass is 248 g/mol. The number of hydrogen-bond donors (Lipinski definition) is 1. The third-order valence-electron chi connectivity index (χ3n) is 3.19. The quantitative estimate of drug-likeness (QED) is 0.833. The van der Waals surface area contributed by atoms with Gasteiger partial charge in [0.15, 0.2) is 6.10 Å². The second kappa shape index (κ2) is 5.29. The molecule has 1 aromatic rings. The van der Waals surface area contributed by atoms with Crippen LogP contribution in [-0.2, 0) is 4.79 Å². The summed E-state index contributed by atoms with van der Waals surface area (Å²) in [6, 6.07) is 5.47. The van der Waals surface area contributed by atoms with Crippen LogP contribution < -0.4 is 15.4 Å². The maximum atomic E-state index is 12.3. The van der Waals surface area contributed by atoms with Gasteiger partial charge in [-0.05, 0) is 31.0 Å². The van der Waals surface area contributed by atoms with Crippen LogP contribution in [0.25, 0.3) is 0 Å². The topological polar surface area (TPSA) is 55.6 Å². The zero-order valence-corrected chi connectivity index (χ0v) is 11.0. The molecule has 1 unspecified atom stereocenters. The van der Waals surface area contributed by atoms with E-state index >= 15 is 0 Å². The van der Waals surface area contributed by atoms with Crippen LogP contribution >= 0.6 is 0 Å². The zero-order chi connectivity index (χ0) is 13.1. The number of nitrogens with two attached hydrogens (primary N) is 1. The molecule has 1 heterocycles. The smallest absolute Gasteiger partial charge is 0.268 e. The summed E-state index contributed by atoms with van der Waals surface area (Å²) in [5.74, 6) is 0.802. The first-order valence-electron chi connectivity index (χ1n) is 6.55. The predicted molar refractivity (Wildman–Crippen MR) is 72.8 cm³/mol. The van der Waals surface area contributed by atoms with Crippen molar-refractivity contribution in [1.29, 1.82) is 0 Å². The summed E-state index contributed by atoms with van der Waals surface area (Å²) in [7, 11) is 0. The highest BCUT2D eigenvalue weighted by molar-refractivity contribution is 6.00. The summed E-state index contributed by atoms with van der Waals surface area (Å²) in [5.41, 5.74) is 7.25. The van der Waals surface area contributed by atoms with Crippen LogP contribution in [0.1, 0.15) is 33.1 Å². The molecule has 0 saturated heterocycles. The van der Waals surface area contributed by atoms with E-state index < -0.39 is 0 Å². The lowest BCUT2D eigenvalue weighted by molar-refractivity contribution is -0.126. The fourth-order valence-corrected chi connectivity index (χ4v) is 2.15. The average molecular weight is 248 g/mol. The van der Waals surface area contributed by atoms with Gasteiger partial charge in [-0.25, -0.2) is 0 Å². The molecule has 0 spiro atoms. The molecule has 0 fully saturated rings. The summed E-state index contributed by atoms with van der Waals surface area (Å²) in [5, 5.41) is 0. The van der Waals surface area contributed by atoms with Crippen molar-refractivity contribution in [2.75, 3.05) is 17.2 Å². The third-order valence-corrected chi connectivity index (χ3v) is 3.19. The number of benzene rings is 1. The Labute approximate surface area is 108 Å². The molecule has 4 nitrogen and oxygen atoms in total. The summed E-state index contributed by atoms with van der Waals surface area (Å²) < 4.78 is 5.71. The van der Waals surface area contributed by atoms with E-state index in [1.807, 2.05) is 24.0 Å². The number of carbonyl (C=O) groups is 1. The number of rotatable bonds is 4. The highest BCUT2D eigenvalue weighted by atomic mass is 16.5. The van der Waals surface area contributed by atoms with Crippen LogP contribution in [0.15, 0.2) is 18.2 Å². The Morgan fingerprint density at radius 2 is 2.17 bits per heavy atom. The number of amides is 1. The maximum Gasteiger partial charge on any atom is 0.268 e. The Morgan fingerprint density at radius 3 is 2.83 bits per heavy atom. The van der Waals surface area contributed by atoms with Crippen molar-refractivity contribution in [3.8, 4) is 5.75 Å². The van der Waals surface area contributed by atoms with Gasteiger partial charge in [0.25, 0.3) is 5.91 Å². The predicted octanol–water partition coefficient (Wildman–Crippen LogP) is 2.57. The van der Waals surface area contributed by atoms with Gasteiger partial charge in [-0.2, -0.15) is 0 Å².